The lowest BCUT2D eigenvalue weighted by atomic mass is 10.1. The Kier molecular flexibility index (Phi) is 5.59. The number of hydrogen-bond acceptors (Lipinski definition) is 5. The number of carbonyl (C=O) groups excluding carboxylic acids is 2. The van der Waals surface area contributed by atoms with E-state index >= 15 is 0 Å². The largest absolute Gasteiger partial charge is 0.452 e. The number of fused-ring (bicyclic) bond motifs is 1. The number of aromatic nitrogens is 1. The molecule has 0 saturated carbocycles. The first-order valence-electron chi connectivity index (χ1n) is 9.50. The molecule has 1 heterocycles. The van der Waals surface area contributed by atoms with Crippen LogP contribution >= 0.6 is 11.3 Å². The fourth-order valence-corrected chi connectivity index (χ4v) is 4.11. The molecule has 6 heteroatoms. The third-order valence-corrected chi connectivity index (χ3v) is 5.74. The SMILES string of the molecule is Cc1ccc(C)c(NC(=O)COC(=O)c2ccccc2-c2nc3ccccc3s2)c1. The van der Waals surface area contributed by atoms with Gasteiger partial charge in [0.15, 0.2) is 6.61 Å². The first-order valence-corrected chi connectivity index (χ1v) is 10.3. The highest BCUT2D eigenvalue weighted by Crippen LogP contribution is 2.32. The molecule has 0 aliphatic rings. The Balaban J connectivity index is 1.49. The number of thiazole rings is 1. The van der Waals surface area contributed by atoms with Crippen LogP contribution in [0.5, 0.6) is 0 Å². The van der Waals surface area contributed by atoms with Crippen molar-refractivity contribution in [2.24, 2.45) is 0 Å². The van der Waals surface area contributed by atoms with Crippen molar-refractivity contribution >= 4 is 39.1 Å². The molecule has 3 aromatic carbocycles. The number of carbonyl (C=O) groups is 2. The van der Waals surface area contributed by atoms with Crippen LogP contribution in [0.1, 0.15) is 21.5 Å². The number of nitrogens with one attached hydrogen (secondary N) is 1. The summed E-state index contributed by atoms with van der Waals surface area (Å²) in [6.07, 6.45) is 0. The number of benzene rings is 3. The fourth-order valence-electron chi connectivity index (χ4n) is 3.10. The number of hydrogen-bond donors (Lipinski definition) is 1. The maximum Gasteiger partial charge on any atom is 0.339 e. The fraction of sp³-hybridized carbons (Fsp3) is 0.125. The number of ether oxygens (including phenoxy) is 1. The van der Waals surface area contributed by atoms with Crippen molar-refractivity contribution in [3.63, 3.8) is 0 Å². The van der Waals surface area contributed by atoms with Crippen LogP contribution in [0.4, 0.5) is 5.69 Å². The molecule has 0 atom stereocenters. The molecule has 1 aromatic heterocycles. The van der Waals surface area contributed by atoms with Crippen LogP contribution in [0.25, 0.3) is 20.8 Å². The number of aryl methyl sites for hydroxylation is 2. The predicted octanol–water partition coefficient (Wildman–Crippen LogP) is 5.38. The molecule has 4 rings (SSSR count). The Labute approximate surface area is 178 Å². The van der Waals surface area contributed by atoms with Gasteiger partial charge in [0.1, 0.15) is 5.01 Å². The predicted molar refractivity (Wildman–Crippen MR) is 120 cm³/mol. The third kappa shape index (κ3) is 4.23. The van der Waals surface area contributed by atoms with Gasteiger partial charge in [-0.15, -0.1) is 11.3 Å². The molecule has 0 radical (unpaired) electrons. The van der Waals surface area contributed by atoms with Crippen molar-refractivity contribution < 1.29 is 14.3 Å². The van der Waals surface area contributed by atoms with Crippen LogP contribution in [-0.4, -0.2) is 23.5 Å². The zero-order chi connectivity index (χ0) is 21.1. The second-order valence-corrected chi connectivity index (χ2v) is 8.01. The first-order chi connectivity index (χ1) is 14.5. The minimum absolute atomic E-state index is 0.361. The molecule has 0 spiro atoms. The lowest BCUT2D eigenvalue weighted by Crippen LogP contribution is -2.21. The van der Waals surface area contributed by atoms with E-state index in [0.717, 1.165) is 26.4 Å². The van der Waals surface area contributed by atoms with E-state index in [0.29, 0.717) is 16.8 Å². The van der Waals surface area contributed by atoms with Gasteiger partial charge in [-0.3, -0.25) is 4.79 Å². The highest BCUT2D eigenvalue weighted by molar-refractivity contribution is 7.21. The Morgan fingerprint density at radius 2 is 1.77 bits per heavy atom. The quantitative estimate of drug-likeness (QED) is 0.444. The lowest BCUT2D eigenvalue weighted by Gasteiger charge is -2.11. The molecule has 0 aliphatic carbocycles. The van der Waals surface area contributed by atoms with Gasteiger partial charge in [0, 0.05) is 11.3 Å². The highest BCUT2D eigenvalue weighted by Gasteiger charge is 2.18. The molecule has 0 fully saturated rings. The van der Waals surface area contributed by atoms with Gasteiger partial charge < -0.3 is 10.1 Å². The van der Waals surface area contributed by atoms with Crippen LogP contribution in [0.15, 0.2) is 66.7 Å². The van der Waals surface area contributed by atoms with Crippen LogP contribution in [0, 0.1) is 13.8 Å². The number of para-hydroxylation sites is 1. The van der Waals surface area contributed by atoms with Crippen molar-refractivity contribution in [3.8, 4) is 10.6 Å². The summed E-state index contributed by atoms with van der Waals surface area (Å²) in [6.45, 7) is 3.50. The average Bonchev–Trinajstić information content (AvgIpc) is 3.19. The van der Waals surface area contributed by atoms with Crippen molar-refractivity contribution in [3.05, 3.63) is 83.4 Å². The van der Waals surface area contributed by atoms with Crippen LogP contribution in [-0.2, 0) is 9.53 Å². The standard InChI is InChI=1S/C24H20N2O3S/c1-15-11-12-16(2)20(13-15)25-22(27)14-29-24(28)18-8-4-3-7-17(18)23-26-19-9-5-6-10-21(19)30-23/h3-13H,14H2,1-2H3,(H,25,27). The van der Waals surface area contributed by atoms with Gasteiger partial charge >= 0.3 is 5.97 Å². The Bertz CT molecular complexity index is 1210. The molecule has 30 heavy (non-hydrogen) atoms. The van der Waals surface area contributed by atoms with E-state index in [9.17, 15) is 9.59 Å². The summed E-state index contributed by atoms with van der Waals surface area (Å²) in [4.78, 5) is 29.6. The highest BCUT2D eigenvalue weighted by atomic mass is 32.1. The molecule has 0 saturated heterocycles. The molecule has 4 aromatic rings. The number of esters is 1. The maximum atomic E-state index is 12.7. The maximum absolute atomic E-state index is 12.7. The topological polar surface area (TPSA) is 68.3 Å². The van der Waals surface area contributed by atoms with Crippen LogP contribution in [0.2, 0.25) is 0 Å². The van der Waals surface area contributed by atoms with Gasteiger partial charge in [0.25, 0.3) is 5.91 Å². The van der Waals surface area contributed by atoms with Crippen molar-refractivity contribution in [1.82, 2.24) is 4.98 Å². The minimum Gasteiger partial charge on any atom is -0.452 e. The monoisotopic (exact) mass is 416 g/mol. The summed E-state index contributed by atoms with van der Waals surface area (Å²) in [7, 11) is 0. The first kappa shape index (κ1) is 19.8. The minimum atomic E-state index is -0.555. The van der Waals surface area contributed by atoms with Gasteiger partial charge in [0.2, 0.25) is 0 Å². The molecular weight excluding hydrogens is 396 g/mol. The Hall–Kier alpha value is -3.51. The molecule has 150 valence electrons. The summed E-state index contributed by atoms with van der Waals surface area (Å²) < 4.78 is 6.34. The van der Waals surface area contributed by atoms with E-state index in [1.165, 1.54) is 11.3 Å². The zero-order valence-electron chi connectivity index (χ0n) is 16.6. The zero-order valence-corrected chi connectivity index (χ0v) is 17.5. The molecule has 5 nitrogen and oxygen atoms in total. The lowest BCUT2D eigenvalue weighted by molar-refractivity contribution is -0.119. The molecule has 1 N–H and O–H groups in total. The van der Waals surface area contributed by atoms with Gasteiger partial charge in [-0.2, -0.15) is 0 Å². The number of anilines is 1. The third-order valence-electron chi connectivity index (χ3n) is 4.67. The van der Waals surface area contributed by atoms with Crippen LogP contribution in [0.3, 0.4) is 0 Å². The van der Waals surface area contributed by atoms with Gasteiger partial charge in [-0.05, 0) is 49.2 Å². The summed E-state index contributed by atoms with van der Waals surface area (Å²) in [5, 5.41) is 3.53. The number of rotatable bonds is 5. The van der Waals surface area contributed by atoms with Gasteiger partial charge in [0.05, 0.1) is 15.8 Å². The van der Waals surface area contributed by atoms with Crippen molar-refractivity contribution in [2.75, 3.05) is 11.9 Å². The van der Waals surface area contributed by atoms with Gasteiger partial charge in [-0.25, -0.2) is 9.78 Å². The van der Waals surface area contributed by atoms with Crippen molar-refractivity contribution in [2.45, 2.75) is 13.8 Å². The molecule has 0 bridgehead atoms. The van der Waals surface area contributed by atoms with E-state index in [2.05, 4.69) is 10.3 Å². The van der Waals surface area contributed by atoms with E-state index in [4.69, 9.17) is 4.74 Å². The average molecular weight is 417 g/mol. The molecule has 1 amide bonds. The smallest absolute Gasteiger partial charge is 0.339 e. The van der Waals surface area contributed by atoms with Gasteiger partial charge in [-0.1, -0.05) is 42.5 Å². The van der Waals surface area contributed by atoms with E-state index < -0.39 is 5.97 Å². The normalized spacial score (nSPS) is 10.7. The van der Waals surface area contributed by atoms with E-state index in [1.54, 1.807) is 12.1 Å². The number of amides is 1. The van der Waals surface area contributed by atoms with E-state index in [-0.39, 0.29) is 12.5 Å². The summed E-state index contributed by atoms with van der Waals surface area (Å²) in [5.41, 5.74) is 4.66. The van der Waals surface area contributed by atoms with E-state index in [1.807, 2.05) is 68.4 Å². The summed E-state index contributed by atoms with van der Waals surface area (Å²) in [5.74, 6) is -0.935. The molecule has 0 unspecified atom stereocenters. The second-order valence-electron chi connectivity index (χ2n) is 6.98. The van der Waals surface area contributed by atoms with Crippen LogP contribution < -0.4 is 5.32 Å². The summed E-state index contributed by atoms with van der Waals surface area (Å²) in [6, 6.07) is 20.8. The van der Waals surface area contributed by atoms with Crippen molar-refractivity contribution in [1.29, 1.82) is 0 Å². The molecule has 0 aliphatic heterocycles. The second kappa shape index (κ2) is 8.47. The molecular formula is C24H20N2O3S. The Morgan fingerprint density at radius 1 is 1.00 bits per heavy atom. The number of nitrogens with zero attached hydrogens (tertiary/aromatic N) is 1. The summed E-state index contributed by atoms with van der Waals surface area (Å²) >= 11 is 1.51. The Morgan fingerprint density at radius 3 is 2.60 bits per heavy atom.